The Bertz CT molecular complexity index is 2810. The lowest BCUT2D eigenvalue weighted by Gasteiger charge is -2.36. The van der Waals surface area contributed by atoms with Gasteiger partial charge in [-0.15, -0.1) is 0 Å². The van der Waals surface area contributed by atoms with E-state index in [1.807, 2.05) is 85.6 Å². The first-order chi connectivity index (χ1) is 37.6. The van der Waals surface area contributed by atoms with Crippen LogP contribution in [0.15, 0.2) is 83.9 Å². The molecule has 0 spiro atoms. The summed E-state index contributed by atoms with van der Waals surface area (Å²) in [7, 11) is 1.62. The van der Waals surface area contributed by atoms with Crippen LogP contribution in [0.3, 0.4) is 0 Å². The number of nitrogens with zero attached hydrogens (tertiary/aromatic N) is 5. The monoisotopic (exact) mass is 1050 g/mol. The number of aryl methyl sites for hydroxylation is 1. The zero-order valence-corrected chi connectivity index (χ0v) is 45.5. The van der Waals surface area contributed by atoms with Crippen molar-refractivity contribution in [2.45, 2.75) is 122 Å². The number of anilines is 1. The highest BCUT2D eigenvalue weighted by atomic mass is 16.5. The quantitative estimate of drug-likeness (QED) is 0.0366. The van der Waals surface area contributed by atoms with Crippen LogP contribution in [0.2, 0.25) is 0 Å². The van der Waals surface area contributed by atoms with Gasteiger partial charge in [0.15, 0.2) is 0 Å². The molecular weight excluding hydrogens is 973 g/mol. The van der Waals surface area contributed by atoms with E-state index in [1.165, 1.54) is 0 Å². The number of rotatable bonds is 25. The highest BCUT2D eigenvalue weighted by Crippen LogP contribution is 2.30. The van der Waals surface area contributed by atoms with E-state index in [2.05, 4.69) is 46.0 Å². The van der Waals surface area contributed by atoms with Gasteiger partial charge in [-0.2, -0.15) is 0 Å². The minimum absolute atomic E-state index is 0.0389. The van der Waals surface area contributed by atoms with Crippen molar-refractivity contribution in [1.82, 2.24) is 46.0 Å². The summed E-state index contributed by atoms with van der Waals surface area (Å²) in [6.45, 7) is 11.7. The van der Waals surface area contributed by atoms with E-state index in [-0.39, 0.29) is 47.6 Å². The molecule has 3 fully saturated rings. The number of carbonyl (C=O) groups is 4. The molecule has 0 bridgehead atoms. The van der Waals surface area contributed by atoms with Crippen molar-refractivity contribution in [2.75, 3.05) is 77.5 Å². The molecule has 412 valence electrons. The summed E-state index contributed by atoms with van der Waals surface area (Å²) in [5, 5.41) is 12.6. The molecule has 0 radical (unpaired) electrons. The molecule has 17 heteroatoms. The second-order valence-corrected chi connectivity index (χ2v) is 20.9. The smallest absolute Gasteiger partial charge is 0.269 e. The molecule has 1 saturated carbocycles. The first-order valence-corrected chi connectivity index (χ1v) is 28.3. The molecular formula is C60H80N10O7. The predicted molar refractivity (Wildman–Crippen MR) is 301 cm³/mol. The lowest BCUT2D eigenvalue weighted by atomic mass is 9.83. The highest BCUT2D eigenvalue weighted by Gasteiger charge is 2.32. The molecule has 77 heavy (non-hydrogen) atoms. The van der Waals surface area contributed by atoms with E-state index >= 15 is 0 Å². The van der Waals surface area contributed by atoms with E-state index in [0.717, 1.165) is 160 Å². The average molecular weight is 1050 g/mol. The number of piperidine rings is 1. The van der Waals surface area contributed by atoms with Gasteiger partial charge in [0.1, 0.15) is 23.2 Å². The topological polar surface area (TPSA) is 203 Å². The summed E-state index contributed by atoms with van der Waals surface area (Å²) >= 11 is 0. The Hall–Kier alpha value is -6.85. The summed E-state index contributed by atoms with van der Waals surface area (Å²) < 4.78 is 11.2. The van der Waals surface area contributed by atoms with E-state index in [9.17, 15) is 24.0 Å². The van der Waals surface area contributed by atoms with Crippen molar-refractivity contribution >= 4 is 40.3 Å². The second kappa shape index (κ2) is 28.5. The normalized spacial score (nSPS) is 16.7. The predicted octanol–water partition coefficient (Wildman–Crippen LogP) is 7.28. The van der Waals surface area contributed by atoms with Crippen LogP contribution in [0.4, 0.5) is 5.69 Å². The molecule has 5 aromatic rings. The number of fused-ring (bicyclic) bond motifs is 1. The first-order valence-electron chi connectivity index (χ1n) is 28.3. The number of piperazine rings is 1. The fourth-order valence-electron chi connectivity index (χ4n) is 11.1. The zero-order chi connectivity index (χ0) is 53.9. The fourth-order valence-corrected chi connectivity index (χ4v) is 11.1. The van der Waals surface area contributed by atoms with Crippen molar-refractivity contribution in [1.29, 1.82) is 0 Å². The Balaban J connectivity index is 0.711. The Labute approximate surface area is 453 Å². The molecule has 2 atom stereocenters. The van der Waals surface area contributed by atoms with Crippen LogP contribution in [-0.4, -0.2) is 127 Å². The van der Waals surface area contributed by atoms with Gasteiger partial charge in [0.2, 0.25) is 11.8 Å². The number of likely N-dealkylation sites (tertiary alicyclic amines) is 1. The van der Waals surface area contributed by atoms with Crippen molar-refractivity contribution in [3.8, 4) is 11.5 Å². The standard InChI is InChI=1S/C60H80N10O7/c1-4-43-34-52-53(66-57(43)72)32-42(36-64-52)40-68-28-30-69(31-29-68)49-22-24-51(65-38-49)59(74)62-25-12-7-6-8-13-26-63-60(75)56(44-16-10-9-11-17-44)67-58(73)46-19-14-18-45(33-46)48-20-15-27-70(41-48)55(71)39-61-37-47-21-23-50(76-3)35-54(47)77-5-2/h14,18-19,21-24,32-36,38,44,48,56,61H,4-13,15-17,20,25-31,37,39-41H2,1-3H3,(H,62,74)(H,63,75)(H,66,72)(H,67,73)/t48?,56-/m0/s1. The molecule has 8 rings (SSSR count). The zero-order valence-electron chi connectivity index (χ0n) is 45.5. The van der Waals surface area contributed by atoms with Gasteiger partial charge < -0.3 is 45.5 Å². The van der Waals surface area contributed by atoms with Crippen LogP contribution >= 0.6 is 0 Å². The number of pyridine rings is 3. The molecule has 2 aromatic carbocycles. The summed E-state index contributed by atoms with van der Waals surface area (Å²) in [5.41, 5.74) is 7.23. The minimum Gasteiger partial charge on any atom is -0.497 e. The molecule has 5 heterocycles. The van der Waals surface area contributed by atoms with Gasteiger partial charge in [-0.3, -0.25) is 33.9 Å². The SMILES string of the molecule is CCOc1cc(OC)ccc1CNCC(=O)N1CCCC(c2cccc(C(=O)N[C@H](C(=O)NCCCCCCCNC(=O)c3ccc(N4CCN(Cc5cnc6cc(CC)c(=O)[nH]c6c5)CC4)cn3)C3CCCCC3)c2)C1. The number of benzene rings is 2. The number of aromatic nitrogens is 3. The Kier molecular flexibility index (Phi) is 20.9. The molecule has 2 saturated heterocycles. The summed E-state index contributed by atoms with van der Waals surface area (Å²) in [6, 6.07) is 20.4. The molecule has 3 aromatic heterocycles. The third kappa shape index (κ3) is 15.9. The molecule has 5 N–H and O–H groups in total. The van der Waals surface area contributed by atoms with Gasteiger partial charge >= 0.3 is 0 Å². The van der Waals surface area contributed by atoms with Gasteiger partial charge in [0.25, 0.3) is 17.4 Å². The average Bonchev–Trinajstić information content (AvgIpc) is 3.47. The number of aromatic amines is 1. The first kappa shape index (κ1) is 56.4. The van der Waals surface area contributed by atoms with Crippen molar-refractivity contribution < 1.29 is 28.7 Å². The summed E-state index contributed by atoms with van der Waals surface area (Å²) in [4.78, 5) is 85.0. The number of methoxy groups -OCH3 is 1. The van der Waals surface area contributed by atoms with E-state index in [4.69, 9.17) is 9.47 Å². The van der Waals surface area contributed by atoms with Gasteiger partial charge in [0, 0.05) is 100 Å². The van der Waals surface area contributed by atoms with Crippen LogP contribution in [0.1, 0.15) is 140 Å². The number of carbonyl (C=O) groups excluding carboxylic acids is 4. The summed E-state index contributed by atoms with van der Waals surface area (Å²) in [6.07, 6.45) is 15.7. The molecule has 1 aliphatic carbocycles. The van der Waals surface area contributed by atoms with Gasteiger partial charge in [-0.05, 0) is 111 Å². The largest absolute Gasteiger partial charge is 0.497 e. The van der Waals surface area contributed by atoms with E-state index in [1.54, 1.807) is 19.4 Å². The number of hydrogen-bond acceptors (Lipinski definition) is 12. The van der Waals surface area contributed by atoms with Crippen LogP contribution in [0.25, 0.3) is 11.0 Å². The second-order valence-electron chi connectivity index (χ2n) is 20.9. The number of ether oxygens (including phenoxy) is 2. The minimum atomic E-state index is -0.606. The van der Waals surface area contributed by atoms with Crippen LogP contribution < -0.4 is 41.2 Å². The summed E-state index contributed by atoms with van der Waals surface area (Å²) in [5.74, 6) is 1.12. The molecule has 1 unspecified atom stereocenters. The van der Waals surface area contributed by atoms with Gasteiger partial charge in [-0.25, -0.2) is 4.98 Å². The van der Waals surface area contributed by atoms with Crippen molar-refractivity contribution in [3.05, 3.63) is 123 Å². The number of nitrogens with one attached hydrogen (secondary N) is 5. The maximum Gasteiger partial charge on any atom is 0.269 e. The number of H-pyrrole nitrogens is 1. The maximum absolute atomic E-state index is 13.9. The van der Waals surface area contributed by atoms with Gasteiger partial charge in [-0.1, -0.05) is 63.6 Å². The van der Waals surface area contributed by atoms with Crippen LogP contribution in [0, 0.1) is 5.92 Å². The number of hydrogen-bond donors (Lipinski definition) is 5. The molecule has 3 aliphatic rings. The van der Waals surface area contributed by atoms with Crippen LogP contribution in [-0.2, 0) is 29.1 Å². The molecule has 4 amide bonds. The third-order valence-electron chi connectivity index (χ3n) is 15.5. The van der Waals surface area contributed by atoms with E-state index < -0.39 is 6.04 Å². The lowest BCUT2D eigenvalue weighted by Crippen LogP contribution is -2.51. The fraction of sp³-hybridized carbons (Fsp3) is 0.517. The lowest BCUT2D eigenvalue weighted by molar-refractivity contribution is -0.131. The Morgan fingerprint density at radius 1 is 0.779 bits per heavy atom. The Morgan fingerprint density at radius 3 is 2.32 bits per heavy atom. The molecule has 2 aliphatic heterocycles. The number of unbranched alkanes of at least 4 members (excludes halogenated alkanes) is 4. The maximum atomic E-state index is 13.9. The van der Waals surface area contributed by atoms with Crippen LogP contribution in [0.5, 0.6) is 11.5 Å². The van der Waals surface area contributed by atoms with E-state index in [0.29, 0.717) is 57.0 Å². The van der Waals surface area contributed by atoms with Gasteiger partial charge in [0.05, 0.1) is 43.2 Å². The van der Waals surface area contributed by atoms with Crippen molar-refractivity contribution in [2.24, 2.45) is 5.92 Å². The Morgan fingerprint density at radius 2 is 1.57 bits per heavy atom. The number of amides is 4. The molecule has 17 nitrogen and oxygen atoms in total. The highest BCUT2D eigenvalue weighted by molar-refractivity contribution is 5.98. The third-order valence-corrected chi connectivity index (χ3v) is 15.5. The van der Waals surface area contributed by atoms with Crippen molar-refractivity contribution in [3.63, 3.8) is 0 Å².